The molecular weight excluding hydrogens is 510 g/mol. The number of nitrogens with zero attached hydrogens (tertiary/aromatic N) is 2. The summed E-state index contributed by atoms with van der Waals surface area (Å²) < 4.78 is 0. The average Bonchev–Trinajstić information content (AvgIpc) is 3.09. The molecule has 7 rings (SSSR count). The van der Waals surface area contributed by atoms with E-state index in [-0.39, 0.29) is 0 Å². The maximum atomic E-state index is 5.24. The lowest BCUT2D eigenvalue weighted by Gasteiger charge is -2.30. The van der Waals surface area contributed by atoms with Crippen LogP contribution in [-0.4, -0.2) is 5.71 Å². The van der Waals surface area contributed by atoms with Crippen LogP contribution in [0.2, 0.25) is 0 Å². The number of hydrazone groups is 1. The summed E-state index contributed by atoms with van der Waals surface area (Å²) in [5.74, 6) is 0. The summed E-state index contributed by atoms with van der Waals surface area (Å²) in [6, 6.07) is 57.0. The summed E-state index contributed by atoms with van der Waals surface area (Å²) in [7, 11) is 0. The topological polar surface area (TPSA) is 27.6 Å². The SMILES string of the molecule is C1=C(c2ccccc2-c2ccccc2)NN(c2ccccc2-c2ccccc2)N=C1c1ccccc1-c1ccccc1. The lowest BCUT2D eigenvalue weighted by atomic mass is 9.93. The number of hydrogen-bond donors (Lipinski definition) is 1. The van der Waals surface area contributed by atoms with Gasteiger partial charge in [0.05, 0.1) is 17.1 Å². The van der Waals surface area contributed by atoms with E-state index in [0.29, 0.717) is 0 Å². The lowest BCUT2D eigenvalue weighted by Crippen LogP contribution is -2.37. The third kappa shape index (κ3) is 5.00. The lowest BCUT2D eigenvalue weighted by molar-refractivity contribution is 0.788. The Morgan fingerprint density at radius 3 is 1.36 bits per heavy atom. The molecule has 42 heavy (non-hydrogen) atoms. The van der Waals surface area contributed by atoms with E-state index in [1.807, 2.05) is 11.2 Å². The van der Waals surface area contributed by atoms with Gasteiger partial charge in [-0.3, -0.25) is 5.43 Å². The van der Waals surface area contributed by atoms with Crippen molar-refractivity contribution in [3.05, 3.63) is 181 Å². The van der Waals surface area contributed by atoms with Gasteiger partial charge in [0.15, 0.2) is 0 Å². The van der Waals surface area contributed by atoms with E-state index in [0.717, 1.165) is 56.0 Å². The van der Waals surface area contributed by atoms with Crippen LogP contribution in [0.1, 0.15) is 11.1 Å². The minimum absolute atomic E-state index is 0.883. The second-order valence-electron chi connectivity index (χ2n) is 10.2. The van der Waals surface area contributed by atoms with Gasteiger partial charge in [-0.2, -0.15) is 10.2 Å². The third-order valence-corrected chi connectivity index (χ3v) is 7.52. The zero-order valence-corrected chi connectivity index (χ0v) is 23.1. The molecule has 0 radical (unpaired) electrons. The van der Waals surface area contributed by atoms with Gasteiger partial charge in [-0.05, 0) is 40.0 Å². The number of rotatable bonds is 6. The number of hydrogen-bond acceptors (Lipinski definition) is 3. The first-order valence-corrected chi connectivity index (χ1v) is 14.2. The van der Waals surface area contributed by atoms with Crippen LogP contribution in [0.15, 0.2) is 175 Å². The average molecular weight is 540 g/mol. The Morgan fingerprint density at radius 1 is 0.381 bits per heavy atom. The molecular formula is C39H29N3. The molecule has 1 aliphatic rings. The molecule has 0 amide bonds. The number of nitrogens with one attached hydrogen (secondary N) is 1. The molecule has 1 N–H and O–H groups in total. The molecule has 0 atom stereocenters. The van der Waals surface area contributed by atoms with Crippen LogP contribution in [0.5, 0.6) is 0 Å². The molecule has 1 aliphatic heterocycles. The van der Waals surface area contributed by atoms with E-state index in [1.54, 1.807) is 0 Å². The van der Waals surface area contributed by atoms with Crippen molar-refractivity contribution in [1.29, 1.82) is 0 Å². The quantitative estimate of drug-likeness (QED) is 0.228. The molecule has 0 bridgehead atoms. The number of allylic oxidation sites excluding steroid dienone is 1. The first-order chi connectivity index (χ1) is 20.8. The zero-order valence-electron chi connectivity index (χ0n) is 23.1. The van der Waals surface area contributed by atoms with Gasteiger partial charge >= 0.3 is 0 Å². The highest BCUT2D eigenvalue weighted by Crippen LogP contribution is 2.35. The smallest absolute Gasteiger partial charge is 0.0956 e. The Hall–Kier alpha value is -5.67. The van der Waals surface area contributed by atoms with Crippen molar-refractivity contribution in [2.24, 2.45) is 5.10 Å². The fourth-order valence-corrected chi connectivity index (χ4v) is 5.51. The van der Waals surface area contributed by atoms with Gasteiger partial charge in [0.1, 0.15) is 0 Å². The molecule has 0 unspecified atom stereocenters. The first kappa shape index (κ1) is 25.3. The standard InChI is InChI=1S/C39H29N3/c1-4-16-29(17-5-1)32-22-10-12-25-35(32)37-28-38(36-26-13-11-23-33(36)30-18-6-2-7-19-30)41-42(40-37)39-27-15-14-24-34(39)31-20-8-3-9-21-31/h1-28,40H. The fraction of sp³-hybridized carbons (Fsp3) is 0. The Balaban J connectivity index is 1.42. The zero-order chi connectivity index (χ0) is 28.1. The highest BCUT2D eigenvalue weighted by molar-refractivity contribution is 6.17. The minimum atomic E-state index is 0.883. The first-order valence-electron chi connectivity index (χ1n) is 14.2. The largest absolute Gasteiger partial charge is 0.277 e. The van der Waals surface area contributed by atoms with E-state index in [2.05, 4.69) is 169 Å². The molecule has 0 saturated carbocycles. The van der Waals surface area contributed by atoms with E-state index >= 15 is 0 Å². The summed E-state index contributed by atoms with van der Waals surface area (Å²) in [5.41, 5.74) is 15.5. The normalized spacial score (nSPS) is 12.7. The Bertz CT molecular complexity index is 1890. The molecule has 3 nitrogen and oxygen atoms in total. The van der Waals surface area contributed by atoms with Crippen molar-refractivity contribution in [2.45, 2.75) is 0 Å². The van der Waals surface area contributed by atoms with Crippen molar-refractivity contribution in [3.63, 3.8) is 0 Å². The summed E-state index contributed by atoms with van der Waals surface area (Å²) in [4.78, 5) is 0. The number of anilines is 1. The number of benzene rings is 6. The molecule has 200 valence electrons. The van der Waals surface area contributed by atoms with Gasteiger partial charge in [0.25, 0.3) is 0 Å². The van der Waals surface area contributed by atoms with E-state index in [4.69, 9.17) is 5.10 Å². The molecule has 0 aromatic heterocycles. The Kier molecular flexibility index (Phi) is 6.89. The predicted octanol–water partition coefficient (Wildman–Crippen LogP) is 9.46. The molecule has 1 heterocycles. The van der Waals surface area contributed by atoms with Gasteiger partial charge in [0, 0.05) is 16.7 Å². The number of hydrazine groups is 1. The van der Waals surface area contributed by atoms with Crippen LogP contribution in [0, 0.1) is 0 Å². The maximum absolute atomic E-state index is 5.24. The highest BCUT2D eigenvalue weighted by atomic mass is 15.7. The van der Waals surface area contributed by atoms with Crippen LogP contribution in [0.25, 0.3) is 39.1 Å². The maximum Gasteiger partial charge on any atom is 0.0956 e. The molecule has 0 saturated heterocycles. The van der Waals surface area contributed by atoms with Crippen molar-refractivity contribution in [1.82, 2.24) is 5.43 Å². The van der Waals surface area contributed by atoms with Crippen LogP contribution in [-0.2, 0) is 0 Å². The van der Waals surface area contributed by atoms with Gasteiger partial charge in [-0.1, -0.05) is 158 Å². The molecule has 0 spiro atoms. The molecule has 3 heteroatoms. The summed E-state index contributed by atoms with van der Waals surface area (Å²) in [6.45, 7) is 0. The minimum Gasteiger partial charge on any atom is -0.277 e. The molecule has 0 fully saturated rings. The van der Waals surface area contributed by atoms with Crippen molar-refractivity contribution in [3.8, 4) is 33.4 Å². The van der Waals surface area contributed by atoms with E-state index in [9.17, 15) is 0 Å². The van der Waals surface area contributed by atoms with Crippen molar-refractivity contribution < 1.29 is 0 Å². The summed E-state index contributed by atoms with van der Waals surface area (Å²) in [5, 5.41) is 7.16. The second-order valence-corrected chi connectivity index (χ2v) is 10.2. The summed E-state index contributed by atoms with van der Waals surface area (Å²) >= 11 is 0. The van der Waals surface area contributed by atoms with E-state index < -0.39 is 0 Å². The van der Waals surface area contributed by atoms with Crippen molar-refractivity contribution >= 4 is 17.1 Å². The van der Waals surface area contributed by atoms with Gasteiger partial charge in [-0.15, -0.1) is 0 Å². The molecule has 0 aliphatic carbocycles. The second kappa shape index (κ2) is 11.4. The highest BCUT2D eigenvalue weighted by Gasteiger charge is 2.23. The van der Waals surface area contributed by atoms with E-state index in [1.165, 1.54) is 5.56 Å². The van der Waals surface area contributed by atoms with Crippen LogP contribution in [0.4, 0.5) is 5.69 Å². The molecule has 6 aromatic rings. The van der Waals surface area contributed by atoms with Crippen LogP contribution < -0.4 is 10.5 Å². The van der Waals surface area contributed by atoms with Gasteiger partial charge in [0.2, 0.25) is 0 Å². The third-order valence-electron chi connectivity index (χ3n) is 7.52. The Labute approximate surface area is 246 Å². The van der Waals surface area contributed by atoms with Crippen molar-refractivity contribution in [2.75, 3.05) is 5.12 Å². The predicted molar refractivity (Wildman–Crippen MR) is 176 cm³/mol. The van der Waals surface area contributed by atoms with Gasteiger partial charge < -0.3 is 0 Å². The Morgan fingerprint density at radius 2 is 0.786 bits per heavy atom. The fourth-order valence-electron chi connectivity index (χ4n) is 5.51. The monoisotopic (exact) mass is 539 g/mol. The molecule has 6 aromatic carbocycles. The summed E-state index contributed by atoms with van der Waals surface area (Å²) in [6.07, 6.45) is 2.17. The van der Waals surface area contributed by atoms with Crippen LogP contribution in [0.3, 0.4) is 0 Å². The number of para-hydroxylation sites is 1. The van der Waals surface area contributed by atoms with Crippen LogP contribution >= 0.6 is 0 Å². The van der Waals surface area contributed by atoms with Gasteiger partial charge in [-0.25, -0.2) is 0 Å².